The average molecular weight is 472 g/mol. The summed E-state index contributed by atoms with van der Waals surface area (Å²) in [5, 5.41) is 20.4. The van der Waals surface area contributed by atoms with Crippen molar-refractivity contribution in [3.8, 4) is 17.6 Å². The molecular formula is C27H27N4O2S+. The monoisotopic (exact) mass is 471 g/mol. The van der Waals surface area contributed by atoms with Crippen LogP contribution in [-0.2, 0) is 18.5 Å². The normalized spacial score (nSPS) is 14.1. The van der Waals surface area contributed by atoms with Crippen LogP contribution in [0.2, 0.25) is 0 Å². The number of hydrogen-bond donors (Lipinski definition) is 1. The lowest BCUT2D eigenvalue weighted by atomic mass is 9.82. The first kappa shape index (κ1) is 23.4. The van der Waals surface area contributed by atoms with Gasteiger partial charge in [0.1, 0.15) is 5.56 Å². The molecule has 1 aromatic carbocycles. The zero-order valence-electron chi connectivity index (χ0n) is 19.7. The quantitative estimate of drug-likeness (QED) is 0.254. The molecule has 3 aromatic rings. The number of benzene rings is 1. The van der Waals surface area contributed by atoms with Crippen LogP contribution in [0.3, 0.4) is 0 Å². The Bertz CT molecular complexity index is 1520. The van der Waals surface area contributed by atoms with Crippen LogP contribution in [0.1, 0.15) is 50.1 Å². The molecule has 4 rings (SSSR count). The zero-order chi connectivity index (χ0) is 24.6. The van der Waals surface area contributed by atoms with E-state index in [1.165, 1.54) is 20.8 Å². The number of rotatable bonds is 5. The van der Waals surface area contributed by atoms with Gasteiger partial charge in [0.25, 0.3) is 5.56 Å². The molecule has 6 nitrogen and oxygen atoms in total. The molecule has 0 saturated carbocycles. The number of allylic oxidation sites excluding steroid dienone is 3. The maximum Gasteiger partial charge on any atom is 0.265 e. The van der Waals surface area contributed by atoms with Gasteiger partial charge in [-0.25, -0.2) is 0 Å². The fraction of sp³-hybridized carbons (Fsp3) is 0.259. The number of aromatic hydroxyl groups is 1. The molecule has 0 fully saturated rings. The van der Waals surface area contributed by atoms with Crippen molar-refractivity contribution in [3.63, 3.8) is 0 Å². The highest BCUT2D eigenvalue weighted by Crippen LogP contribution is 2.38. The molecule has 0 spiro atoms. The van der Waals surface area contributed by atoms with Crippen LogP contribution in [0.15, 0.2) is 59.5 Å². The molecule has 7 heteroatoms. The first-order chi connectivity index (χ1) is 16.3. The van der Waals surface area contributed by atoms with Gasteiger partial charge in [-0.3, -0.25) is 13.9 Å². The lowest BCUT2D eigenvalue weighted by molar-refractivity contribution is -0.599. The molecule has 2 aromatic heterocycles. The maximum atomic E-state index is 12.8. The summed E-state index contributed by atoms with van der Waals surface area (Å²) >= 11 is 5.33. The van der Waals surface area contributed by atoms with Crippen LogP contribution in [0, 0.1) is 16.1 Å². The van der Waals surface area contributed by atoms with Crippen molar-refractivity contribution in [3.05, 3.63) is 92.3 Å². The highest BCUT2D eigenvalue weighted by atomic mass is 32.1. The van der Waals surface area contributed by atoms with Gasteiger partial charge >= 0.3 is 0 Å². The van der Waals surface area contributed by atoms with Crippen molar-refractivity contribution < 1.29 is 9.67 Å². The molecule has 0 unspecified atom stereocenters. The number of para-hydroxylation sites is 1. The van der Waals surface area contributed by atoms with Crippen LogP contribution in [0.5, 0.6) is 5.88 Å². The van der Waals surface area contributed by atoms with Gasteiger partial charge in [-0.1, -0.05) is 24.3 Å². The number of fused-ring (bicyclic) bond motifs is 3. The third-order valence-electron chi connectivity index (χ3n) is 6.46. The molecule has 0 aliphatic carbocycles. The Balaban J connectivity index is 1.75. The summed E-state index contributed by atoms with van der Waals surface area (Å²) in [6.07, 6.45) is 6.81. The Labute approximate surface area is 204 Å². The SMILES string of the molecule is CCn1c(O)c(/C=C/C=C(\C#N)c2cc[n+]3c(c2)C(C)(C)c2ccccc2-3)c(=O)n(CC)c1=S. The van der Waals surface area contributed by atoms with Gasteiger partial charge in [-0.15, -0.1) is 0 Å². The second kappa shape index (κ2) is 8.88. The van der Waals surface area contributed by atoms with Gasteiger partial charge in [0.2, 0.25) is 11.6 Å². The standard InChI is InChI=1S/C27H26N4O2S/c1-5-29-24(32)20(25(33)30(6-2)26(29)34)11-9-10-19(17-28)18-14-15-31-22-13-8-7-12-21(22)27(3,4)23(31)16-18/h7-16H,5-6H2,1-4H3/p+1. The Morgan fingerprint density at radius 3 is 2.59 bits per heavy atom. The summed E-state index contributed by atoms with van der Waals surface area (Å²) in [4.78, 5) is 12.8. The van der Waals surface area contributed by atoms with Gasteiger partial charge in [0.15, 0.2) is 16.7 Å². The smallest absolute Gasteiger partial charge is 0.265 e. The van der Waals surface area contributed by atoms with E-state index in [4.69, 9.17) is 12.2 Å². The molecule has 1 aliphatic heterocycles. The molecule has 0 bridgehead atoms. The first-order valence-corrected chi connectivity index (χ1v) is 11.7. The minimum atomic E-state index is -0.355. The fourth-order valence-corrected chi connectivity index (χ4v) is 4.99. The number of nitriles is 1. The topological polar surface area (TPSA) is 74.8 Å². The van der Waals surface area contributed by atoms with Gasteiger partial charge in [0.05, 0.1) is 17.1 Å². The molecule has 0 saturated heterocycles. The molecule has 172 valence electrons. The van der Waals surface area contributed by atoms with E-state index in [1.807, 2.05) is 44.3 Å². The van der Waals surface area contributed by atoms with E-state index >= 15 is 0 Å². The minimum Gasteiger partial charge on any atom is -0.494 e. The van der Waals surface area contributed by atoms with Crippen molar-refractivity contribution in [1.29, 1.82) is 5.26 Å². The largest absolute Gasteiger partial charge is 0.494 e. The second-order valence-electron chi connectivity index (χ2n) is 8.68. The van der Waals surface area contributed by atoms with Gasteiger partial charge in [-0.2, -0.15) is 9.83 Å². The molecule has 1 aliphatic rings. The summed E-state index contributed by atoms with van der Waals surface area (Å²) in [6.45, 7) is 8.89. The van der Waals surface area contributed by atoms with E-state index in [0.717, 1.165) is 16.9 Å². The van der Waals surface area contributed by atoms with E-state index in [-0.39, 0.29) is 27.2 Å². The van der Waals surface area contributed by atoms with Crippen molar-refractivity contribution in [2.24, 2.45) is 0 Å². The zero-order valence-corrected chi connectivity index (χ0v) is 20.6. The minimum absolute atomic E-state index is 0.145. The van der Waals surface area contributed by atoms with Crippen molar-refractivity contribution >= 4 is 23.9 Å². The summed E-state index contributed by atoms with van der Waals surface area (Å²) in [7, 11) is 0. The summed E-state index contributed by atoms with van der Waals surface area (Å²) in [6, 6.07) is 14.5. The third kappa shape index (κ3) is 3.61. The Hall–Kier alpha value is -3.76. The number of aromatic nitrogens is 3. The molecule has 0 radical (unpaired) electrons. The summed E-state index contributed by atoms with van der Waals surface area (Å²) < 4.78 is 5.42. The van der Waals surface area contributed by atoms with E-state index in [1.54, 1.807) is 12.2 Å². The predicted octanol–water partition coefficient (Wildman–Crippen LogP) is 4.66. The Morgan fingerprint density at radius 1 is 1.21 bits per heavy atom. The Morgan fingerprint density at radius 2 is 1.91 bits per heavy atom. The number of hydrogen-bond acceptors (Lipinski definition) is 4. The van der Waals surface area contributed by atoms with Crippen LogP contribution >= 0.6 is 12.2 Å². The van der Waals surface area contributed by atoms with Crippen molar-refractivity contribution in [2.75, 3.05) is 0 Å². The molecule has 0 atom stereocenters. The lowest BCUT2D eigenvalue weighted by Gasteiger charge is -2.14. The molecular weight excluding hydrogens is 444 g/mol. The average Bonchev–Trinajstić information content (AvgIpc) is 3.06. The Kier molecular flexibility index (Phi) is 6.11. The van der Waals surface area contributed by atoms with Crippen LogP contribution < -0.4 is 10.1 Å². The molecule has 34 heavy (non-hydrogen) atoms. The highest BCUT2D eigenvalue weighted by Gasteiger charge is 2.43. The fourth-order valence-electron chi connectivity index (χ4n) is 4.57. The number of pyridine rings is 1. The second-order valence-corrected chi connectivity index (χ2v) is 9.04. The van der Waals surface area contributed by atoms with Gasteiger partial charge in [0, 0.05) is 42.4 Å². The third-order valence-corrected chi connectivity index (χ3v) is 6.90. The summed E-state index contributed by atoms with van der Waals surface area (Å²) in [5.74, 6) is -0.168. The lowest BCUT2D eigenvalue weighted by Crippen LogP contribution is -2.34. The highest BCUT2D eigenvalue weighted by molar-refractivity contribution is 7.71. The molecule has 3 heterocycles. The van der Waals surface area contributed by atoms with Gasteiger partial charge < -0.3 is 5.11 Å². The van der Waals surface area contributed by atoms with E-state index < -0.39 is 0 Å². The molecule has 0 amide bonds. The van der Waals surface area contributed by atoms with Crippen molar-refractivity contribution in [1.82, 2.24) is 9.13 Å². The van der Waals surface area contributed by atoms with Crippen LogP contribution in [-0.4, -0.2) is 14.2 Å². The van der Waals surface area contributed by atoms with E-state index in [9.17, 15) is 15.2 Å². The number of nitrogens with zero attached hydrogens (tertiary/aromatic N) is 4. The van der Waals surface area contributed by atoms with Crippen molar-refractivity contribution in [2.45, 2.75) is 46.2 Å². The van der Waals surface area contributed by atoms with Crippen LogP contribution in [0.25, 0.3) is 17.3 Å². The maximum absolute atomic E-state index is 12.8. The van der Waals surface area contributed by atoms with Crippen LogP contribution in [0.4, 0.5) is 0 Å². The molecule has 1 N–H and O–H groups in total. The van der Waals surface area contributed by atoms with E-state index in [0.29, 0.717) is 18.7 Å². The predicted molar refractivity (Wildman–Crippen MR) is 135 cm³/mol. The summed E-state index contributed by atoms with van der Waals surface area (Å²) in [5.41, 5.74) is 4.34. The van der Waals surface area contributed by atoms with E-state index in [2.05, 4.69) is 36.6 Å². The van der Waals surface area contributed by atoms with Gasteiger partial charge in [-0.05, 0) is 52.1 Å². The first-order valence-electron chi connectivity index (χ1n) is 11.3.